The maximum absolute atomic E-state index is 12.4. The fourth-order valence-electron chi connectivity index (χ4n) is 3.66. The van der Waals surface area contributed by atoms with Crippen molar-refractivity contribution in [2.45, 2.75) is 88.9 Å². The fraction of sp³-hybridized carbons (Fsp3) is 0.520. The van der Waals surface area contributed by atoms with Crippen molar-refractivity contribution in [1.82, 2.24) is 0 Å². The molecule has 0 aliphatic heterocycles. The average molecular weight is 471 g/mol. The number of aryl methyl sites for hydroxylation is 1. The molecule has 0 aromatic heterocycles. The minimum absolute atomic E-state index is 0. The molecule has 0 saturated carbocycles. The van der Waals surface area contributed by atoms with Crippen molar-refractivity contribution in [3.63, 3.8) is 0 Å². The van der Waals surface area contributed by atoms with Gasteiger partial charge in [-0.05, 0) is 37.1 Å². The Hall–Kier alpha value is -1.05. The van der Waals surface area contributed by atoms with Crippen molar-refractivity contribution in [1.29, 1.82) is 0 Å². The van der Waals surface area contributed by atoms with Gasteiger partial charge in [-0.2, -0.15) is 8.42 Å². The molecular weight excluding hydrogens is 435 g/mol. The molecule has 0 fully saturated rings. The molecule has 0 aliphatic rings. The second-order valence-electron chi connectivity index (χ2n) is 8.08. The Morgan fingerprint density at radius 2 is 1.38 bits per heavy atom. The third kappa shape index (κ3) is 10.7. The van der Waals surface area contributed by atoms with Crippen molar-refractivity contribution >= 4 is 10.1 Å². The van der Waals surface area contributed by atoms with E-state index in [0.29, 0.717) is 17.7 Å². The molecule has 0 heterocycles. The molecule has 0 bridgehead atoms. The minimum atomic E-state index is -4.56. The van der Waals surface area contributed by atoms with Gasteiger partial charge < -0.3 is 9.84 Å². The SMILES string of the molecule is CCCCCCCCCCCCCc1cc(Oc2ccccc2)c(S(=O)(=O)O)cc1[O-].[Na+]. The molecule has 2 aromatic carbocycles. The smallest absolute Gasteiger partial charge is 0.872 e. The standard InChI is InChI=1S/C25H36O5S.Na/c1-2-3-4-5-6-7-8-9-10-11-13-16-21-19-24(30-22-17-14-12-15-18-22)25(20-23(21)26)31(27,28)29;/h12,14-15,17-20,26H,2-11,13,16H2,1H3,(H,27,28,29);/q;+1/p-1. The van der Waals surface area contributed by atoms with Crippen LogP contribution in [0, 0.1) is 0 Å². The molecule has 0 radical (unpaired) electrons. The van der Waals surface area contributed by atoms with Crippen LogP contribution in [-0.2, 0) is 16.5 Å². The molecule has 0 amide bonds. The van der Waals surface area contributed by atoms with E-state index in [1.54, 1.807) is 24.3 Å². The van der Waals surface area contributed by atoms with E-state index in [4.69, 9.17) is 4.74 Å². The number of rotatable bonds is 15. The number of unbranched alkanes of at least 4 members (excludes halogenated alkanes) is 10. The van der Waals surface area contributed by atoms with E-state index < -0.39 is 15.0 Å². The van der Waals surface area contributed by atoms with Crippen molar-refractivity contribution in [2.24, 2.45) is 0 Å². The number of hydrogen-bond acceptors (Lipinski definition) is 4. The van der Waals surface area contributed by atoms with Crippen LogP contribution < -0.4 is 39.4 Å². The molecule has 0 unspecified atom stereocenters. The van der Waals surface area contributed by atoms with Gasteiger partial charge in [0.25, 0.3) is 10.1 Å². The van der Waals surface area contributed by atoms with Crippen LogP contribution in [0.3, 0.4) is 0 Å². The van der Waals surface area contributed by atoms with E-state index in [9.17, 15) is 18.1 Å². The summed E-state index contributed by atoms with van der Waals surface area (Å²) in [4.78, 5) is -0.496. The van der Waals surface area contributed by atoms with Crippen molar-refractivity contribution < 1.29 is 52.4 Å². The second-order valence-corrected chi connectivity index (χ2v) is 9.47. The van der Waals surface area contributed by atoms with Gasteiger partial charge in [-0.15, -0.1) is 5.75 Å². The summed E-state index contributed by atoms with van der Waals surface area (Å²) in [5.74, 6) is 0.0261. The fourth-order valence-corrected chi connectivity index (χ4v) is 4.27. The predicted octanol–water partition coefficient (Wildman–Crippen LogP) is 3.66. The second kappa shape index (κ2) is 15.7. The maximum atomic E-state index is 12.4. The molecule has 32 heavy (non-hydrogen) atoms. The summed E-state index contributed by atoms with van der Waals surface area (Å²) < 4.78 is 38.6. The van der Waals surface area contributed by atoms with E-state index in [1.165, 1.54) is 57.4 Å². The molecule has 5 nitrogen and oxygen atoms in total. The summed E-state index contributed by atoms with van der Waals surface area (Å²) >= 11 is 0. The Morgan fingerprint density at radius 3 is 1.91 bits per heavy atom. The normalized spacial score (nSPS) is 11.2. The van der Waals surface area contributed by atoms with Crippen molar-refractivity contribution in [2.75, 3.05) is 0 Å². The Bertz CT molecular complexity index is 885. The quantitative estimate of drug-likeness (QED) is 0.244. The van der Waals surface area contributed by atoms with Crippen LogP contribution >= 0.6 is 0 Å². The van der Waals surface area contributed by atoms with Crippen LogP contribution in [0.2, 0.25) is 0 Å². The number of para-hydroxylation sites is 1. The topological polar surface area (TPSA) is 86.7 Å². The zero-order chi connectivity index (χ0) is 22.5. The van der Waals surface area contributed by atoms with Crippen LogP contribution in [-0.4, -0.2) is 13.0 Å². The number of hydrogen-bond donors (Lipinski definition) is 1. The van der Waals surface area contributed by atoms with E-state index in [-0.39, 0.29) is 41.1 Å². The molecule has 0 spiro atoms. The maximum Gasteiger partial charge on any atom is 1.00 e. The molecular formula is C25H35NaO5S. The molecule has 7 heteroatoms. The Balaban J connectivity index is 0.00000512. The Labute approximate surface area is 215 Å². The van der Waals surface area contributed by atoms with Gasteiger partial charge >= 0.3 is 29.6 Å². The van der Waals surface area contributed by atoms with Gasteiger partial charge in [0.05, 0.1) is 0 Å². The first-order chi connectivity index (χ1) is 14.9. The van der Waals surface area contributed by atoms with E-state index in [0.717, 1.165) is 25.3 Å². The monoisotopic (exact) mass is 470 g/mol. The first kappa shape index (κ1) is 29.0. The summed E-state index contributed by atoms with van der Waals surface area (Å²) in [7, 11) is -4.56. The van der Waals surface area contributed by atoms with E-state index in [1.807, 2.05) is 6.07 Å². The summed E-state index contributed by atoms with van der Waals surface area (Å²) in [5.41, 5.74) is 0.509. The zero-order valence-corrected chi connectivity index (χ0v) is 22.3. The first-order valence-electron chi connectivity index (χ1n) is 11.5. The molecule has 2 aromatic rings. The Kier molecular flexibility index (Phi) is 14.2. The predicted molar refractivity (Wildman–Crippen MR) is 122 cm³/mol. The minimum Gasteiger partial charge on any atom is -0.872 e. The molecule has 0 aliphatic carbocycles. The summed E-state index contributed by atoms with van der Waals surface area (Å²) in [5, 5.41) is 12.4. The van der Waals surface area contributed by atoms with E-state index >= 15 is 0 Å². The molecule has 172 valence electrons. The molecule has 0 saturated heterocycles. The van der Waals surface area contributed by atoms with Crippen LogP contribution in [0.4, 0.5) is 0 Å². The summed E-state index contributed by atoms with van der Waals surface area (Å²) in [6.45, 7) is 2.23. The number of benzene rings is 2. The van der Waals surface area contributed by atoms with E-state index in [2.05, 4.69) is 6.92 Å². The average Bonchev–Trinajstić information content (AvgIpc) is 2.73. The van der Waals surface area contributed by atoms with Gasteiger partial charge in [0.2, 0.25) is 0 Å². The summed E-state index contributed by atoms with van der Waals surface area (Å²) in [6.07, 6.45) is 14.0. The first-order valence-corrected chi connectivity index (χ1v) is 12.9. The van der Waals surface area contributed by atoms with Crippen LogP contribution in [0.15, 0.2) is 47.4 Å². The van der Waals surface area contributed by atoms with Gasteiger partial charge in [-0.1, -0.05) is 94.9 Å². The summed E-state index contributed by atoms with van der Waals surface area (Å²) in [6, 6.07) is 11.1. The molecule has 2 rings (SSSR count). The third-order valence-corrected chi connectivity index (χ3v) is 6.30. The van der Waals surface area contributed by atoms with Gasteiger partial charge in [0.1, 0.15) is 16.4 Å². The van der Waals surface area contributed by atoms with Gasteiger partial charge in [0, 0.05) is 0 Å². The van der Waals surface area contributed by atoms with Crippen LogP contribution in [0.5, 0.6) is 17.2 Å². The van der Waals surface area contributed by atoms with Crippen molar-refractivity contribution in [3.05, 3.63) is 48.0 Å². The van der Waals surface area contributed by atoms with Gasteiger partial charge in [-0.3, -0.25) is 4.55 Å². The molecule has 1 N–H and O–H groups in total. The number of ether oxygens (including phenoxy) is 1. The third-order valence-electron chi connectivity index (χ3n) is 5.43. The van der Waals surface area contributed by atoms with Gasteiger partial charge in [-0.25, -0.2) is 0 Å². The largest absolute Gasteiger partial charge is 1.00 e. The van der Waals surface area contributed by atoms with Crippen LogP contribution in [0.1, 0.15) is 83.1 Å². The zero-order valence-electron chi connectivity index (χ0n) is 19.5. The van der Waals surface area contributed by atoms with Gasteiger partial charge in [0.15, 0.2) is 0 Å². The Morgan fingerprint density at radius 1 is 0.844 bits per heavy atom. The van der Waals surface area contributed by atoms with Crippen LogP contribution in [0.25, 0.3) is 0 Å². The molecule has 0 atom stereocenters. The van der Waals surface area contributed by atoms with Crippen molar-refractivity contribution in [3.8, 4) is 17.2 Å².